The average Bonchev–Trinajstić information content (AvgIpc) is 2.34. The first kappa shape index (κ1) is 13.5. The Balaban J connectivity index is 2.25. The third-order valence-electron chi connectivity index (χ3n) is 2.33. The van der Waals surface area contributed by atoms with E-state index in [1.165, 1.54) is 5.56 Å². The Morgan fingerprint density at radius 2 is 2.24 bits per heavy atom. The maximum absolute atomic E-state index is 4.17. The molecular weight excluding hydrogens is 212 g/mol. The Bertz CT molecular complexity index is 333. The first-order valence-electron chi connectivity index (χ1n) is 6.05. The van der Waals surface area contributed by atoms with Gasteiger partial charge in [0.15, 0.2) is 5.96 Å². The van der Waals surface area contributed by atoms with Gasteiger partial charge in [0.05, 0.1) is 0 Å². The van der Waals surface area contributed by atoms with Crippen molar-refractivity contribution in [2.24, 2.45) is 10.9 Å². The van der Waals surface area contributed by atoms with E-state index in [-0.39, 0.29) is 0 Å². The zero-order valence-corrected chi connectivity index (χ0v) is 10.9. The lowest BCUT2D eigenvalue weighted by Gasteiger charge is -2.13. The van der Waals surface area contributed by atoms with E-state index in [1.807, 2.05) is 12.3 Å². The van der Waals surface area contributed by atoms with E-state index >= 15 is 0 Å². The van der Waals surface area contributed by atoms with Gasteiger partial charge in [0.1, 0.15) is 0 Å². The van der Waals surface area contributed by atoms with Crippen LogP contribution in [0.5, 0.6) is 0 Å². The zero-order valence-electron chi connectivity index (χ0n) is 10.9. The van der Waals surface area contributed by atoms with Crippen molar-refractivity contribution in [2.45, 2.75) is 20.3 Å². The van der Waals surface area contributed by atoms with Crippen LogP contribution < -0.4 is 10.6 Å². The van der Waals surface area contributed by atoms with Crippen molar-refractivity contribution < 1.29 is 0 Å². The van der Waals surface area contributed by atoms with E-state index in [4.69, 9.17) is 0 Å². The van der Waals surface area contributed by atoms with E-state index in [0.717, 1.165) is 25.5 Å². The molecule has 0 saturated heterocycles. The van der Waals surface area contributed by atoms with E-state index < -0.39 is 0 Å². The normalized spacial score (nSPS) is 11.6. The highest BCUT2D eigenvalue weighted by atomic mass is 15.2. The molecule has 0 radical (unpaired) electrons. The van der Waals surface area contributed by atoms with Gasteiger partial charge >= 0.3 is 0 Å². The minimum atomic E-state index is 0.617. The number of aromatic nitrogens is 1. The molecule has 0 aromatic carbocycles. The maximum atomic E-state index is 4.17. The van der Waals surface area contributed by atoms with Crippen LogP contribution in [0.1, 0.15) is 19.4 Å². The molecule has 1 heterocycles. The Hall–Kier alpha value is -1.58. The second kappa shape index (κ2) is 7.65. The number of guanidine groups is 1. The van der Waals surface area contributed by atoms with Crippen molar-refractivity contribution in [1.82, 2.24) is 15.6 Å². The SMILES string of the molecule is CN=C(NCCc1cccnc1)NCC(C)C. The molecule has 0 fully saturated rings. The largest absolute Gasteiger partial charge is 0.356 e. The number of hydrogen-bond donors (Lipinski definition) is 2. The van der Waals surface area contributed by atoms with Crippen molar-refractivity contribution in [3.63, 3.8) is 0 Å². The highest BCUT2D eigenvalue weighted by Crippen LogP contribution is 1.95. The summed E-state index contributed by atoms with van der Waals surface area (Å²) in [6.07, 6.45) is 4.64. The summed E-state index contributed by atoms with van der Waals surface area (Å²) >= 11 is 0. The molecule has 0 amide bonds. The summed E-state index contributed by atoms with van der Waals surface area (Å²) in [4.78, 5) is 8.26. The molecule has 0 bridgehead atoms. The minimum Gasteiger partial charge on any atom is -0.356 e. The second-order valence-electron chi connectivity index (χ2n) is 4.39. The number of pyridine rings is 1. The first-order chi connectivity index (χ1) is 8.22. The predicted octanol–water partition coefficient (Wildman–Crippen LogP) is 1.45. The fourth-order valence-electron chi connectivity index (χ4n) is 1.39. The molecule has 0 aliphatic rings. The average molecular weight is 234 g/mol. The topological polar surface area (TPSA) is 49.3 Å². The van der Waals surface area contributed by atoms with Crippen LogP contribution in [0.4, 0.5) is 0 Å². The van der Waals surface area contributed by atoms with E-state index in [2.05, 4.69) is 40.5 Å². The van der Waals surface area contributed by atoms with Crippen molar-refractivity contribution >= 4 is 5.96 Å². The molecule has 0 aliphatic heterocycles. The fourth-order valence-corrected chi connectivity index (χ4v) is 1.39. The third-order valence-corrected chi connectivity index (χ3v) is 2.33. The van der Waals surface area contributed by atoms with Crippen LogP contribution in [0.15, 0.2) is 29.5 Å². The highest BCUT2D eigenvalue weighted by Gasteiger charge is 1.99. The number of nitrogens with one attached hydrogen (secondary N) is 2. The van der Waals surface area contributed by atoms with Crippen LogP contribution in [0.2, 0.25) is 0 Å². The molecule has 94 valence electrons. The lowest BCUT2D eigenvalue weighted by atomic mass is 10.2. The summed E-state index contributed by atoms with van der Waals surface area (Å²) in [5.74, 6) is 1.48. The van der Waals surface area contributed by atoms with E-state index in [1.54, 1.807) is 13.2 Å². The van der Waals surface area contributed by atoms with Gasteiger partial charge in [-0.1, -0.05) is 19.9 Å². The number of hydrogen-bond acceptors (Lipinski definition) is 2. The summed E-state index contributed by atoms with van der Waals surface area (Å²) in [6, 6.07) is 4.04. The highest BCUT2D eigenvalue weighted by molar-refractivity contribution is 5.79. The van der Waals surface area contributed by atoms with Gasteiger partial charge in [0.25, 0.3) is 0 Å². The zero-order chi connectivity index (χ0) is 12.5. The summed E-state index contributed by atoms with van der Waals surface area (Å²) < 4.78 is 0. The molecule has 2 N–H and O–H groups in total. The number of aliphatic imine (C=N–C) groups is 1. The maximum Gasteiger partial charge on any atom is 0.190 e. The fraction of sp³-hybridized carbons (Fsp3) is 0.538. The van der Waals surface area contributed by atoms with E-state index in [0.29, 0.717) is 5.92 Å². The molecule has 4 heteroatoms. The van der Waals surface area contributed by atoms with Gasteiger partial charge in [-0.05, 0) is 24.0 Å². The molecule has 4 nitrogen and oxygen atoms in total. The molecule has 0 atom stereocenters. The van der Waals surface area contributed by atoms with Crippen LogP contribution in [-0.4, -0.2) is 31.1 Å². The molecule has 0 saturated carbocycles. The van der Waals surface area contributed by atoms with Crippen molar-refractivity contribution in [2.75, 3.05) is 20.1 Å². The van der Waals surface area contributed by atoms with Crippen molar-refractivity contribution in [1.29, 1.82) is 0 Å². The van der Waals surface area contributed by atoms with Gasteiger partial charge in [0.2, 0.25) is 0 Å². The standard InChI is InChI=1S/C13H22N4/c1-11(2)9-17-13(14-3)16-8-6-12-5-4-7-15-10-12/h4-5,7,10-11H,6,8-9H2,1-3H3,(H2,14,16,17). The van der Waals surface area contributed by atoms with Crippen molar-refractivity contribution in [3.05, 3.63) is 30.1 Å². The number of nitrogens with zero attached hydrogens (tertiary/aromatic N) is 2. The van der Waals surface area contributed by atoms with E-state index in [9.17, 15) is 0 Å². The van der Waals surface area contributed by atoms with Crippen LogP contribution >= 0.6 is 0 Å². The number of rotatable bonds is 5. The Kier molecular flexibility index (Phi) is 6.07. The summed E-state index contributed by atoms with van der Waals surface area (Å²) in [7, 11) is 1.79. The second-order valence-corrected chi connectivity index (χ2v) is 4.39. The molecule has 1 aromatic rings. The van der Waals surface area contributed by atoms with Crippen LogP contribution in [-0.2, 0) is 6.42 Å². The van der Waals surface area contributed by atoms with Crippen LogP contribution in [0, 0.1) is 5.92 Å². The molecule has 0 aliphatic carbocycles. The molecular formula is C13H22N4. The van der Waals surface area contributed by atoms with Gasteiger partial charge < -0.3 is 10.6 Å². The van der Waals surface area contributed by atoms with Gasteiger partial charge in [-0.3, -0.25) is 9.98 Å². The van der Waals surface area contributed by atoms with Gasteiger partial charge in [-0.25, -0.2) is 0 Å². The van der Waals surface area contributed by atoms with Crippen molar-refractivity contribution in [3.8, 4) is 0 Å². The minimum absolute atomic E-state index is 0.617. The van der Waals surface area contributed by atoms with Gasteiger partial charge in [0, 0.05) is 32.5 Å². The summed E-state index contributed by atoms with van der Waals surface area (Å²) in [5.41, 5.74) is 1.24. The monoisotopic (exact) mass is 234 g/mol. The smallest absolute Gasteiger partial charge is 0.190 e. The first-order valence-corrected chi connectivity index (χ1v) is 6.05. The molecule has 1 aromatic heterocycles. The Morgan fingerprint density at radius 3 is 2.82 bits per heavy atom. The van der Waals surface area contributed by atoms with Crippen LogP contribution in [0.3, 0.4) is 0 Å². The summed E-state index contributed by atoms with van der Waals surface area (Å²) in [5, 5.41) is 6.56. The molecule has 0 spiro atoms. The molecule has 0 unspecified atom stereocenters. The lowest BCUT2D eigenvalue weighted by Crippen LogP contribution is -2.39. The lowest BCUT2D eigenvalue weighted by molar-refractivity contribution is 0.614. The molecule has 17 heavy (non-hydrogen) atoms. The quantitative estimate of drug-likeness (QED) is 0.599. The summed E-state index contributed by atoms with van der Waals surface area (Å²) in [6.45, 7) is 6.15. The third kappa shape index (κ3) is 5.90. The molecule has 1 rings (SSSR count). The van der Waals surface area contributed by atoms with Gasteiger partial charge in [-0.15, -0.1) is 0 Å². The van der Waals surface area contributed by atoms with Gasteiger partial charge in [-0.2, -0.15) is 0 Å². The van der Waals surface area contributed by atoms with Crippen LogP contribution in [0.25, 0.3) is 0 Å². The predicted molar refractivity (Wildman–Crippen MR) is 72.1 cm³/mol. The Labute approximate surface area is 104 Å². The Morgan fingerprint density at radius 1 is 1.41 bits per heavy atom.